The fourth-order valence-corrected chi connectivity index (χ4v) is 3.30. The highest BCUT2D eigenvalue weighted by Crippen LogP contribution is 2.15. The minimum absolute atomic E-state index is 0.00567. The Labute approximate surface area is 187 Å². The van der Waals surface area contributed by atoms with Crippen molar-refractivity contribution in [3.8, 4) is 0 Å². The summed E-state index contributed by atoms with van der Waals surface area (Å²) in [5.74, 6) is -2.75. The van der Waals surface area contributed by atoms with Crippen molar-refractivity contribution in [2.24, 2.45) is 0 Å². The van der Waals surface area contributed by atoms with Crippen molar-refractivity contribution >= 4 is 17.8 Å². The van der Waals surface area contributed by atoms with E-state index in [2.05, 4.69) is 17.7 Å². The number of benzene rings is 2. The first-order chi connectivity index (χ1) is 15.2. The van der Waals surface area contributed by atoms with E-state index in [9.17, 15) is 24.6 Å². The molecule has 0 aliphatic heterocycles. The normalized spacial score (nSPS) is 11.7. The Hall–Kier alpha value is -3.23. The molecule has 172 valence electrons. The molecule has 0 saturated heterocycles. The van der Waals surface area contributed by atoms with Gasteiger partial charge in [-0.15, -0.1) is 0 Å². The van der Waals surface area contributed by atoms with E-state index in [1.807, 2.05) is 6.92 Å². The highest BCUT2D eigenvalue weighted by atomic mass is 16.6. The number of unbranched alkanes of at least 4 members (excludes halogenated alkanes) is 2. The summed E-state index contributed by atoms with van der Waals surface area (Å²) in [5, 5.41) is 21.6. The van der Waals surface area contributed by atoms with Gasteiger partial charge in [-0.25, -0.2) is 9.59 Å². The van der Waals surface area contributed by atoms with Crippen molar-refractivity contribution < 1.29 is 29.4 Å². The second-order valence-electron chi connectivity index (χ2n) is 7.75. The van der Waals surface area contributed by atoms with E-state index in [0.717, 1.165) is 30.4 Å². The zero-order valence-corrected chi connectivity index (χ0v) is 18.6. The summed E-state index contributed by atoms with van der Waals surface area (Å²) in [4.78, 5) is 41.3. The monoisotopic (exact) mass is 442 g/mol. The van der Waals surface area contributed by atoms with Crippen molar-refractivity contribution in [1.29, 1.82) is 0 Å². The lowest BCUT2D eigenvalue weighted by Gasteiger charge is -2.21. The van der Waals surface area contributed by atoms with E-state index >= 15 is 0 Å². The molecule has 32 heavy (non-hydrogen) atoms. The third-order valence-electron chi connectivity index (χ3n) is 5.00. The molecule has 0 fully saturated rings. The number of carbonyl (C=O) groups is 3. The van der Waals surface area contributed by atoms with Crippen molar-refractivity contribution in [3.05, 3.63) is 69.8 Å². The average molecular weight is 443 g/mol. The number of aromatic carboxylic acids is 2. The van der Waals surface area contributed by atoms with Gasteiger partial charge in [-0.05, 0) is 50.5 Å². The number of rotatable bonds is 12. The van der Waals surface area contributed by atoms with Crippen LogP contribution in [0.2, 0.25) is 0 Å². The Morgan fingerprint density at radius 3 is 2.16 bits per heavy atom. The van der Waals surface area contributed by atoms with Crippen LogP contribution in [0.1, 0.15) is 80.4 Å². The van der Waals surface area contributed by atoms with Gasteiger partial charge in [0, 0.05) is 0 Å². The molecule has 0 aromatic heterocycles. The van der Waals surface area contributed by atoms with Crippen molar-refractivity contribution in [2.75, 3.05) is 0 Å². The van der Waals surface area contributed by atoms with Crippen molar-refractivity contribution in [3.63, 3.8) is 0 Å². The largest absolute Gasteiger partial charge is 0.478 e. The van der Waals surface area contributed by atoms with Crippen LogP contribution in [0.4, 0.5) is 0 Å². The third kappa shape index (κ3) is 7.18. The summed E-state index contributed by atoms with van der Waals surface area (Å²) in [6.45, 7) is 5.70. The number of carboxylic acid groups (broad SMARTS) is 2. The molecule has 0 aliphatic carbocycles. The van der Waals surface area contributed by atoms with Crippen LogP contribution in [-0.4, -0.2) is 34.2 Å². The van der Waals surface area contributed by atoms with Gasteiger partial charge < -0.3 is 15.5 Å². The number of hydrogen-bond donors (Lipinski definition) is 4. The summed E-state index contributed by atoms with van der Waals surface area (Å²) < 4.78 is 0. The molecule has 0 bridgehead atoms. The van der Waals surface area contributed by atoms with Crippen LogP contribution in [0.5, 0.6) is 0 Å². The Kier molecular flexibility index (Phi) is 9.37. The lowest BCUT2D eigenvalue weighted by molar-refractivity contribution is -0.00652. The van der Waals surface area contributed by atoms with E-state index in [1.165, 1.54) is 18.2 Å². The van der Waals surface area contributed by atoms with Crippen LogP contribution in [0.25, 0.3) is 0 Å². The summed E-state index contributed by atoms with van der Waals surface area (Å²) in [7, 11) is 0. The Morgan fingerprint density at radius 1 is 0.906 bits per heavy atom. The lowest BCUT2D eigenvalue weighted by atomic mass is 10.0. The highest BCUT2D eigenvalue weighted by molar-refractivity contribution is 6.05. The van der Waals surface area contributed by atoms with Gasteiger partial charge in [-0.3, -0.25) is 9.63 Å². The summed E-state index contributed by atoms with van der Waals surface area (Å²) in [6.07, 6.45) is 2.76. The quantitative estimate of drug-likeness (QED) is 0.222. The number of aryl methyl sites for hydroxylation is 2. The Balaban J connectivity index is 2.11. The number of carboxylic acids is 2. The second-order valence-corrected chi connectivity index (χ2v) is 7.75. The molecule has 0 saturated carbocycles. The van der Waals surface area contributed by atoms with E-state index in [1.54, 1.807) is 25.1 Å². The van der Waals surface area contributed by atoms with Gasteiger partial charge in [0.25, 0.3) is 5.91 Å². The van der Waals surface area contributed by atoms with Gasteiger partial charge in [0.05, 0.1) is 23.3 Å². The predicted octanol–water partition coefficient (Wildman–Crippen LogP) is 4.06. The number of hydrogen-bond acceptors (Lipinski definition) is 5. The van der Waals surface area contributed by atoms with Crippen molar-refractivity contribution in [2.45, 2.75) is 59.2 Å². The van der Waals surface area contributed by atoms with E-state index in [0.29, 0.717) is 12.0 Å². The standard InChI is InChI=1S/C24H30N2O6/c1-4-5-6-7-21(25-22(27)20-13-16(3)9-11-19(20)24(30)31)26-32-14-17-12-15(2)8-10-18(17)23(28)29/h8-13,21,26H,4-7,14H2,1-3H3,(H,25,27)(H,28,29)(H,30,31). The maximum Gasteiger partial charge on any atom is 0.336 e. The molecule has 0 radical (unpaired) electrons. The van der Waals surface area contributed by atoms with Gasteiger partial charge in [0.1, 0.15) is 6.17 Å². The van der Waals surface area contributed by atoms with Crippen LogP contribution in [0.15, 0.2) is 36.4 Å². The maximum absolute atomic E-state index is 12.8. The first-order valence-electron chi connectivity index (χ1n) is 10.6. The molecule has 2 rings (SSSR count). The maximum atomic E-state index is 12.8. The van der Waals surface area contributed by atoms with Gasteiger partial charge in [0.15, 0.2) is 0 Å². The molecule has 1 amide bonds. The second kappa shape index (κ2) is 12.0. The average Bonchev–Trinajstić information content (AvgIpc) is 2.73. The van der Waals surface area contributed by atoms with E-state index < -0.39 is 24.0 Å². The van der Waals surface area contributed by atoms with Gasteiger partial charge in [0.2, 0.25) is 0 Å². The topological polar surface area (TPSA) is 125 Å². The molecule has 1 atom stereocenters. The first-order valence-corrected chi connectivity index (χ1v) is 10.6. The third-order valence-corrected chi connectivity index (χ3v) is 5.00. The summed E-state index contributed by atoms with van der Waals surface area (Å²) >= 11 is 0. The number of carbonyl (C=O) groups excluding carboxylic acids is 1. The fraction of sp³-hybridized carbons (Fsp3) is 0.375. The Morgan fingerprint density at radius 2 is 1.53 bits per heavy atom. The number of amides is 1. The lowest BCUT2D eigenvalue weighted by Crippen LogP contribution is -2.45. The van der Waals surface area contributed by atoms with Crippen LogP contribution in [-0.2, 0) is 11.4 Å². The summed E-state index contributed by atoms with van der Waals surface area (Å²) in [5.41, 5.74) is 5.14. The molecule has 2 aromatic carbocycles. The molecule has 8 heteroatoms. The molecular formula is C24H30N2O6. The van der Waals surface area contributed by atoms with E-state index in [4.69, 9.17) is 4.84 Å². The molecule has 0 aliphatic rings. The molecule has 0 spiro atoms. The molecule has 4 N–H and O–H groups in total. The number of nitrogens with one attached hydrogen (secondary N) is 2. The van der Waals surface area contributed by atoms with Crippen molar-refractivity contribution in [1.82, 2.24) is 10.8 Å². The smallest absolute Gasteiger partial charge is 0.336 e. The zero-order chi connectivity index (χ0) is 23.7. The summed E-state index contributed by atoms with van der Waals surface area (Å²) in [6, 6.07) is 9.57. The highest BCUT2D eigenvalue weighted by Gasteiger charge is 2.20. The van der Waals surface area contributed by atoms with Crippen LogP contribution in [0, 0.1) is 13.8 Å². The van der Waals surface area contributed by atoms with Gasteiger partial charge in [-0.2, -0.15) is 5.48 Å². The minimum Gasteiger partial charge on any atom is -0.478 e. The first kappa shape index (κ1) is 25.0. The van der Waals surface area contributed by atoms with Crippen LogP contribution >= 0.6 is 0 Å². The van der Waals surface area contributed by atoms with Gasteiger partial charge in [-0.1, -0.05) is 49.1 Å². The molecular weight excluding hydrogens is 412 g/mol. The zero-order valence-electron chi connectivity index (χ0n) is 18.6. The van der Waals surface area contributed by atoms with Crippen LogP contribution < -0.4 is 10.8 Å². The molecule has 0 heterocycles. The fourth-order valence-electron chi connectivity index (χ4n) is 3.30. The van der Waals surface area contributed by atoms with Crippen LogP contribution in [0.3, 0.4) is 0 Å². The predicted molar refractivity (Wildman–Crippen MR) is 120 cm³/mol. The molecule has 2 aromatic rings. The molecule has 1 unspecified atom stereocenters. The number of hydroxylamine groups is 1. The van der Waals surface area contributed by atoms with Gasteiger partial charge >= 0.3 is 11.9 Å². The SMILES string of the molecule is CCCCCC(NOCc1cc(C)ccc1C(=O)O)NC(=O)c1cc(C)ccc1C(=O)O. The Bertz CT molecular complexity index is 973. The molecule has 8 nitrogen and oxygen atoms in total. The minimum atomic E-state index is -1.18. The van der Waals surface area contributed by atoms with E-state index in [-0.39, 0.29) is 23.3 Å².